The molecule has 3 heteroatoms. The standard InChI is InChI=1S/C16H17NO.Y/c1-2-17-16(18)15(13-9-5-3-6-10-13)14-11-7-4-8-12-14;/h3-12,15H,2H2,1H3,(H,17,18);. The number of carbonyl (C=O) groups excluding carboxylic acids is 1. The molecule has 19 heavy (non-hydrogen) atoms. The molecule has 0 aliphatic rings. The van der Waals surface area contributed by atoms with Crippen LogP contribution in [-0.4, -0.2) is 12.5 Å². The van der Waals surface area contributed by atoms with Gasteiger partial charge in [0.25, 0.3) is 0 Å². The fraction of sp³-hybridized carbons (Fsp3) is 0.188. The maximum absolute atomic E-state index is 12.2. The van der Waals surface area contributed by atoms with Gasteiger partial charge in [-0.1, -0.05) is 60.7 Å². The summed E-state index contributed by atoms with van der Waals surface area (Å²) in [5.74, 6) is -0.178. The van der Waals surface area contributed by atoms with Gasteiger partial charge in [0.05, 0.1) is 5.92 Å². The van der Waals surface area contributed by atoms with E-state index in [0.29, 0.717) is 6.54 Å². The van der Waals surface area contributed by atoms with Crippen LogP contribution >= 0.6 is 0 Å². The molecule has 0 aromatic heterocycles. The Morgan fingerprint density at radius 2 is 1.37 bits per heavy atom. The molecule has 2 nitrogen and oxygen atoms in total. The summed E-state index contributed by atoms with van der Waals surface area (Å²) in [6.45, 7) is 2.58. The minimum atomic E-state index is -0.229. The predicted octanol–water partition coefficient (Wildman–Crippen LogP) is 2.95. The molecular weight excluding hydrogens is 311 g/mol. The van der Waals surface area contributed by atoms with Gasteiger partial charge in [-0.2, -0.15) is 0 Å². The van der Waals surface area contributed by atoms with Crippen molar-refractivity contribution in [1.82, 2.24) is 5.32 Å². The Morgan fingerprint density at radius 3 is 1.74 bits per heavy atom. The molecule has 0 heterocycles. The molecule has 0 spiro atoms. The van der Waals surface area contributed by atoms with Crippen molar-refractivity contribution in [3.63, 3.8) is 0 Å². The Hall–Kier alpha value is -0.986. The van der Waals surface area contributed by atoms with Crippen LogP contribution in [0.4, 0.5) is 0 Å². The third-order valence-electron chi connectivity index (χ3n) is 2.88. The van der Waals surface area contributed by atoms with Crippen LogP contribution in [0.1, 0.15) is 24.0 Å². The number of benzene rings is 2. The summed E-state index contributed by atoms with van der Waals surface area (Å²) < 4.78 is 0. The largest absolute Gasteiger partial charge is 0.356 e. The normalized spacial score (nSPS) is 9.79. The number of amides is 1. The maximum atomic E-state index is 12.2. The fourth-order valence-electron chi connectivity index (χ4n) is 2.06. The van der Waals surface area contributed by atoms with Gasteiger partial charge in [-0.15, -0.1) is 0 Å². The van der Waals surface area contributed by atoms with Gasteiger partial charge >= 0.3 is 0 Å². The van der Waals surface area contributed by atoms with E-state index in [1.54, 1.807) is 0 Å². The molecule has 0 unspecified atom stereocenters. The SMILES string of the molecule is CCNC(=O)C(c1ccccc1)c1ccccc1.[Y]. The molecule has 1 N–H and O–H groups in total. The summed E-state index contributed by atoms with van der Waals surface area (Å²) >= 11 is 0. The topological polar surface area (TPSA) is 29.1 Å². The summed E-state index contributed by atoms with van der Waals surface area (Å²) in [7, 11) is 0. The third-order valence-corrected chi connectivity index (χ3v) is 2.88. The van der Waals surface area contributed by atoms with Gasteiger partial charge in [-0.3, -0.25) is 4.79 Å². The monoisotopic (exact) mass is 328 g/mol. The van der Waals surface area contributed by atoms with Gasteiger partial charge in [0.15, 0.2) is 0 Å². The zero-order valence-corrected chi connectivity index (χ0v) is 13.9. The second kappa shape index (κ2) is 8.24. The van der Waals surface area contributed by atoms with Crippen molar-refractivity contribution in [2.45, 2.75) is 12.8 Å². The van der Waals surface area contributed by atoms with Crippen molar-refractivity contribution in [2.75, 3.05) is 6.54 Å². The number of carbonyl (C=O) groups is 1. The Morgan fingerprint density at radius 1 is 0.947 bits per heavy atom. The van der Waals surface area contributed by atoms with E-state index >= 15 is 0 Å². The molecule has 0 aliphatic heterocycles. The van der Waals surface area contributed by atoms with Gasteiger partial charge in [0, 0.05) is 39.3 Å². The Bertz CT molecular complexity index is 459. The molecular formula is C16H17NOY. The fourth-order valence-corrected chi connectivity index (χ4v) is 2.06. The Kier molecular flexibility index (Phi) is 6.97. The van der Waals surface area contributed by atoms with Gasteiger partial charge < -0.3 is 5.32 Å². The van der Waals surface area contributed by atoms with E-state index in [0.717, 1.165) is 11.1 Å². The van der Waals surface area contributed by atoms with Crippen molar-refractivity contribution < 1.29 is 37.5 Å². The van der Waals surface area contributed by atoms with Gasteiger partial charge in [-0.05, 0) is 18.1 Å². The molecule has 0 bridgehead atoms. The predicted molar refractivity (Wildman–Crippen MR) is 73.4 cm³/mol. The van der Waals surface area contributed by atoms with Crippen LogP contribution in [0.25, 0.3) is 0 Å². The molecule has 2 aromatic carbocycles. The minimum absolute atomic E-state index is 0. The molecule has 1 amide bonds. The quantitative estimate of drug-likeness (QED) is 0.919. The second-order valence-corrected chi connectivity index (χ2v) is 4.15. The van der Waals surface area contributed by atoms with E-state index < -0.39 is 0 Å². The molecule has 0 saturated carbocycles. The first kappa shape index (κ1) is 16.1. The molecule has 0 atom stereocenters. The van der Waals surface area contributed by atoms with E-state index in [1.165, 1.54) is 0 Å². The van der Waals surface area contributed by atoms with Crippen molar-refractivity contribution in [2.24, 2.45) is 0 Å². The van der Waals surface area contributed by atoms with Crippen molar-refractivity contribution in [3.8, 4) is 0 Å². The Balaban J connectivity index is 0.00000180. The average molecular weight is 328 g/mol. The van der Waals surface area contributed by atoms with E-state index in [4.69, 9.17) is 0 Å². The first-order chi connectivity index (χ1) is 8.83. The molecule has 2 rings (SSSR count). The van der Waals surface area contributed by atoms with Crippen LogP contribution in [0, 0.1) is 0 Å². The summed E-state index contributed by atoms with van der Waals surface area (Å²) in [6, 6.07) is 19.7. The van der Waals surface area contributed by atoms with Crippen LogP contribution in [0.15, 0.2) is 60.7 Å². The zero-order chi connectivity index (χ0) is 12.8. The first-order valence-electron chi connectivity index (χ1n) is 6.20. The van der Waals surface area contributed by atoms with E-state index in [1.807, 2.05) is 67.6 Å². The van der Waals surface area contributed by atoms with Crippen LogP contribution in [0.2, 0.25) is 0 Å². The smallest absolute Gasteiger partial charge is 0.231 e. The summed E-state index contributed by atoms with van der Waals surface area (Å²) in [4.78, 5) is 12.2. The van der Waals surface area contributed by atoms with Gasteiger partial charge in [0.2, 0.25) is 5.91 Å². The van der Waals surface area contributed by atoms with Crippen molar-refractivity contribution in [3.05, 3.63) is 71.8 Å². The molecule has 2 aromatic rings. The Labute approximate surface area is 139 Å². The number of hydrogen-bond donors (Lipinski definition) is 1. The van der Waals surface area contributed by atoms with Gasteiger partial charge in [0.1, 0.15) is 0 Å². The average Bonchev–Trinajstić information content (AvgIpc) is 2.42. The summed E-state index contributed by atoms with van der Waals surface area (Å²) in [6.07, 6.45) is 0. The molecule has 0 aliphatic carbocycles. The molecule has 0 saturated heterocycles. The maximum Gasteiger partial charge on any atom is 0.231 e. The number of nitrogens with one attached hydrogen (secondary N) is 1. The van der Waals surface area contributed by atoms with Crippen LogP contribution in [0.5, 0.6) is 0 Å². The zero-order valence-electron chi connectivity index (χ0n) is 11.0. The van der Waals surface area contributed by atoms with Crippen molar-refractivity contribution >= 4 is 5.91 Å². The third kappa shape index (κ3) is 4.26. The summed E-state index contributed by atoms with van der Waals surface area (Å²) in [5, 5.41) is 2.90. The van der Waals surface area contributed by atoms with E-state index in [9.17, 15) is 4.79 Å². The number of hydrogen-bond acceptors (Lipinski definition) is 1. The number of rotatable bonds is 4. The molecule has 95 valence electrons. The molecule has 1 radical (unpaired) electrons. The minimum Gasteiger partial charge on any atom is -0.356 e. The first-order valence-corrected chi connectivity index (χ1v) is 6.20. The van der Waals surface area contributed by atoms with Crippen LogP contribution in [-0.2, 0) is 37.5 Å². The van der Waals surface area contributed by atoms with Gasteiger partial charge in [-0.25, -0.2) is 0 Å². The second-order valence-electron chi connectivity index (χ2n) is 4.15. The molecule has 0 fully saturated rings. The van der Waals surface area contributed by atoms with E-state index in [-0.39, 0.29) is 44.5 Å². The van der Waals surface area contributed by atoms with Crippen molar-refractivity contribution in [1.29, 1.82) is 0 Å². The van der Waals surface area contributed by atoms with Crippen LogP contribution in [0.3, 0.4) is 0 Å². The summed E-state index contributed by atoms with van der Waals surface area (Å²) in [5.41, 5.74) is 2.05. The van der Waals surface area contributed by atoms with Crippen LogP contribution < -0.4 is 5.32 Å². The van der Waals surface area contributed by atoms with E-state index in [2.05, 4.69) is 5.32 Å². The number of likely N-dealkylation sites (N-methyl/N-ethyl adjacent to an activating group) is 1.